The Morgan fingerprint density at radius 2 is 2.00 bits per heavy atom. The van der Waals surface area contributed by atoms with Gasteiger partial charge in [-0.1, -0.05) is 12.1 Å². The van der Waals surface area contributed by atoms with Gasteiger partial charge in [-0.15, -0.1) is 0 Å². The van der Waals surface area contributed by atoms with E-state index >= 15 is 0 Å². The van der Waals surface area contributed by atoms with Crippen molar-refractivity contribution in [2.24, 2.45) is 0 Å². The Kier molecular flexibility index (Phi) is 2.07. The molecular formula is C14H14N2. The van der Waals surface area contributed by atoms with Crippen LogP contribution in [0.15, 0.2) is 42.6 Å². The first kappa shape index (κ1) is 9.28. The molecule has 2 N–H and O–H groups in total. The normalized spacial score (nSPS) is 11.1. The Morgan fingerprint density at radius 1 is 1.06 bits per heavy atom. The summed E-state index contributed by atoms with van der Waals surface area (Å²) in [7, 11) is 0. The second kappa shape index (κ2) is 3.56. The second-order valence-electron chi connectivity index (χ2n) is 4.24. The molecule has 0 unspecified atom stereocenters. The van der Waals surface area contributed by atoms with Crippen molar-refractivity contribution in [2.75, 3.05) is 0 Å². The zero-order valence-corrected chi connectivity index (χ0v) is 9.25. The summed E-state index contributed by atoms with van der Waals surface area (Å²) >= 11 is 0. The van der Waals surface area contributed by atoms with Gasteiger partial charge in [0.2, 0.25) is 0 Å². The number of aryl methyl sites for hydroxylation is 1. The first-order valence-electron chi connectivity index (χ1n) is 5.52. The van der Waals surface area contributed by atoms with Gasteiger partial charge in [-0.25, -0.2) is 0 Å². The molecule has 0 aliphatic carbocycles. The fourth-order valence-electron chi connectivity index (χ4n) is 2.09. The van der Waals surface area contributed by atoms with Gasteiger partial charge < -0.3 is 9.97 Å². The molecule has 80 valence electrons. The standard InChI is InChI=1S/C14H14N2/c1-10-2-5-13(16-10)8-11-3-4-12-6-7-15-14(12)9-11/h2-7,9,15-16H,8H2,1H3. The van der Waals surface area contributed by atoms with E-state index in [-0.39, 0.29) is 0 Å². The predicted molar refractivity (Wildman–Crippen MR) is 66.6 cm³/mol. The minimum Gasteiger partial charge on any atom is -0.362 e. The number of aromatic amines is 2. The van der Waals surface area contributed by atoms with Gasteiger partial charge in [0.05, 0.1) is 0 Å². The van der Waals surface area contributed by atoms with Crippen LogP contribution in [0, 0.1) is 6.92 Å². The summed E-state index contributed by atoms with van der Waals surface area (Å²) in [5.74, 6) is 0. The topological polar surface area (TPSA) is 31.6 Å². The molecule has 2 heterocycles. The van der Waals surface area contributed by atoms with Crippen molar-refractivity contribution in [1.29, 1.82) is 0 Å². The number of hydrogen-bond acceptors (Lipinski definition) is 0. The number of H-pyrrole nitrogens is 2. The predicted octanol–water partition coefficient (Wildman–Crippen LogP) is 3.40. The molecule has 16 heavy (non-hydrogen) atoms. The molecule has 0 fully saturated rings. The number of fused-ring (bicyclic) bond motifs is 1. The lowest BCUT2D eigenvalue weighted by molar-refractivity contribution is 1.08. The summed E-state index contributed by atoms with van der Waals surface area (Å²) in [6.07, 6.45) is 2.94. The van der Waals surface area contributed by atoms with Gasteiger partial charge in [-0.05, 0) is 42.1 Å². The van der Waals surface area contributed by atoms with E-state index in [1.807, 2.05) is 6.20 Å². The third-order valence-electron chi connectivity index (χ3n) is 2.91. The van der Waals surface area contributed by atoms with Gasteiger partial charge in [0.1, 0.15) is 0 Å². The molecule has 0 saturated heterocycles. The van der Waals surface area contributed by atoms with Crippen LogP contribution in [0.2, 0.25) is 0 Å². The zero-order chi connectivity index (χ0) is 11.0. The first-order chi connectivity index (χ1) is 7.81. The minimum absolute atomic E-state index is 0.961. The van der Waals surface area contributed by atoms with Crippen molar-refractivity contribution < 1.29 is 0 Å². The number of hydrogen-bond donors (Lipinski definition) is 2. The molecule has 0 radical (unpaired) electrons. The average Bonchev–Trinajstić information content (AvgIpc) is 2.87. The lowest BCUT2D eigenvalue weighted by Gasteiger charge is -2.00. The van der Waals surface area contributed by atoms with Gasteiger partial charge in [-0.2, -0.15) is 0 Å². The van der Waals surface area contributed by atoms with Gasteiger partial charge in [0.15, 0.2) is 0 Å². The Morgan fingerprint density at radius 3 is 2.81 bits per heavy atom. The van der Waals surface area contributed by atoms with Crippen LogP contribution in [0.25, 0.3) is 10.9 Å². The van der Waals surface area contributed by atoms with E-state index in [2.05, 4.69) is 53.3 Å². The molecule has 0 bridgehead atoms. The maximum atomic E-state index is 3.36. The molecule has 2 heteroatoms. The molecule has 0 spiro atoms. The van der Waals surface area contributed by atoms with Crippen LogP contribution in [0.3, 0.4) is 0 Å². The summed E-state index contributed by atoms with van der Waals surface area (Å²) in [5.41, 5.74) is 5.02. The van der Waals surface area contributed by atoms with Crippen LogP contribution < -0.4 is 0 Å². The Balaban J connectivity index is 1.94. The Labute approximate surface area is 94.3 Å². The van der Waals surface area contributed by atoms with Gasteiger partial charge in [0.25, 0.3) is 0 Å². The lowest BCUT2D eigenvalue weighted by Crippen LogP contribution is -1.88. The molecule has 0 atom stereocenters. The van der Waals surface area contributed by atoms with E-state index in [1.54, 1.807) is 0 Å². The van der Waals surface area contributed by atoms with Crippen molar-refractivity contribution >= 4 is 10.9 Å². The number of aromatic nitrogens is 2. The van der Waals surface area contributed by atoms with Crippen LogP contribution in [0.5, 0.6) is 0 Å². The molecule has 2 nitrogen and oxygen atoms in total. The number of benzene rings is 1. The molecule has 0 aliphatic rings. The minimum atomic E-state index is 0.961. The van der Waals surface area contributed by atoms with Crippen LogP contribution in [0.1, 0.15) is 17.0 Å². The summed E-state index contributed by atoms with van der Waals surface area (Å²) in [5, 5.41) is 1.27. The smallest absolute Gasteiger partial charge is 0.0456 e. The largest absolute Gasteiger partial charge is 0.362 e. The summed E-state index contributed by atoms with van der Waals surface area (Å²) in [4.78, 5) is 6.60. The fraction of sp³-hybridized carbons (Fsp3) is 0.143. The molecule has 0 saturated carbocycles. The van der Waals surface area contributed by atoms with Gasteiger partial charge in [0, 0.05) is 29.5 Å². The van der Waals surface area contributed by atoms with Crippen LogP contribution in [-0.2, 0) is 6.42 Å². The highest BCUT2D eigenvalue weighted by Gasteiger charge is 2.00. The molecular weight excluding hydrogens is 196 g/mol. The highest BCUT2D eigenvalue weighted by atomic mass is 14.7. The van der Waals surface area contributed by atoms with Crippen molar-refractivity contribution in [2.45, 2.75) is 13.3 Å². The highest BCUT2D eigenvalue weighted by Crippen LogP contribution is 2.16. The van der Waals surface area contributed by atoms with Crippen molar-refractivity contribution in [3.05, 3.63) is 59.5 Å². The average molecular weight is 210 g/mol. The van der Waals surface area contributed by atoms with Gasteiger partial charge in [-0.3, -0.25) is 0 Å². The van der Waals surface area contributed by atoms with Crippen LogP contribution in [0.4, 0.5) is 0 Å². The van der Waals surface area contributed by atoms with Gasteiger partial charge >= 0.3 is 0 Å². The molecule has 1 aromatic carbocycles. The molecule has 3 aromatic rings. The van der Waals surface area contributed by atoms with Crippen LogP contribution in [-0.4, -0.2) is 9.97 Å². The Hall–Kier alpha value is -1.96. The van der Waals surface area contributed by atoms with E-state index in [0.29, 0.717) is 0 Å². The number of nitrogens with one attached hydrogen (secondary N) is 2. The second-order valence-corrected chi connectivity index (χ2v) is 4.24. The summed E-state index contributed by atoms with van der Waals surface area (Å²) < 4.78 is 0. The maximum absolute atomic E-state index is 3.36. The van der Waals surface area contributed by atoms with E-state index < -0.39 is 0 Å². The lowest BCUT2D eigenvalue weighted by atomic mass is 10.1. The molecule has 0 aliphatic heterocycles. The SMILES string of the molecule is Cc1ccc(Cc2ccc3cc[nH]c3c2)[nH]1. The Bertz CT molecular complexity index is 616. The summed E-state index contributed by atoms with van der Waals surface area (Å²) in [6, 6.07) is 12.9. The molecule has 0 amide bonds. The van der Waals surface area contributed by atoms with Crippen LogP contribution >= 0.6 is 0 Å². The fourth-order valence-corrected chi connectivity index (χ4v) is 2.09. The maximum Gasteiger partial charge on any atom is 0.0456 e. The van der Waals surface area contributed by atoms with Crippen molar-refractivity contribution in [1.82, 2.24) is 9.97 Å². The monoisotopic (exact) mass is 210 g/mol. The first-order valence-corrected chi connectivity index (χ1v) is 5.52. The third-order valence-corrected chi connectivity index (χ3v) is 2.91. The quantitative estimate of drug-likeness (QED) is 0.649. The van der Waals surface area contributed by atoms with E-state index in [9.17, 15) is 0 Å². The van der Waals surface area contributed by atoms with E-state index in [1.165, 1.54) is 27.9 Å². The third kappa shape index (κ3) is 1.63. The van der Waals surface area contributed by atoms with Crippen molar-refractivity contribution in [3.63, 3.8) is 0 Å². The summed E-state index contributed by atoms with van der Waals surface area (Å²) in [6.45, 7) is 2.08. The van der Waals surface area contributed by atoms with E-state index in [0.717, 1.165) is 6.42 Å². The molecule has 2 aromatic heterocycles. The van der Waals surface area contributed by atoms with E-state index in [4.69, 9.17) is 0 Å². The highest BCUT2D eigenvalue weighted by molar-refractivity contribution is 5.79. The van der Waals surface area contributed by atoms with Crippen molar-refractivity contribution in [3.8, 4) is 0 Å². The molecule has 3 rings (SSSR count). The zero-order valence-electron chi connectivity index (χ0n) is 9.25. The number of rotatable bonds is 2.